The van der Waals surface area contributed by atoms with Crippen molar-refractivity contribution < 1.29 is 29.6 Å². The number of hydrogen-bond acceptors (Lipinski definition) is 4. The number of furan rings is 1. The van der Waals surface area contributed by atoms with Gasteiger partial charge in [-0.05, 0) is 35.4 Å². The standard InChI is InChI=1S/C38H25N2O2.Pd/c1-38(2)31-16-4-5-18-33(31)40(34-21-20-30-29-15-3-6-19-35(29)42-37(30)36(34)38)26-12-10-14-28(24-26)41-27-13-9-11-25(23-27)32-17-7-8-22-39-32;/h3-17,19-22H,1-2H3;/q-3;. The third kappa shape index (κ3) is 4.44. The Labute approximate surface area is 264 Å². The van der Waals surface area contributed by atoms with Crippen LogP contribution in [0.5, 0.6) is 11.5 Å². The van der Waals surface area contributed by atoms with Gasteiger partial charge in [-0.1, -0.05) is 61.6 Å². The van der Waals surface area contributed by atoms with Crippen molar-refractivity contribution in [3.63, 3.8) is 0 Å². The number of rotatable bonds is 4. The minimum absolute atomic E-state index is 0. The van der Waals surface area contributed by atoms with Gasteiger partial charge in [-0.15, -0.1) is 47.5 Å². The molecule has 4 nitrogen and oxygen atoms in total. The third-order valence-corrected chi connectivity index (χ3v) is 8.05. The summed E-state index contributed by atoms with van der Waals surface area (Å²) in [7, 11) is 0. The number of anilines is 3. The summed E-state index contributed by atoms with van der Waals surface area (Å²) in [5.74, 6) is 1.19. The summed E-state index contributed by atoms with van der Waals surface area (Å²) in [5.41, 5.74) is 8.38. The number of benzene rings is 5. The van der Waals surface area contributed by atoms with Gasteiger partial charge in [-0.3, -0.25) is 0 Å². The fraction of sp³-hybridized carbons (Fsp3) is 0.0789. The molecule has 0 N–H and O–H groups in total. The summed E-state index contributed by atoms with van der Waals surface area (Å²) in [6.45, 7) is 4.52. The second-order valence-corrected chi connectivity index (χ2v) is 11.0. The number of ether oxygens (including phenoxy) is 1. The molecule has 5 aromatic carbocycles. The molecule has 2 aromatic heterocycles. The molecule has 0 fully saturated rings. The normalized spacial score (nSPS) is 13.3. The van der Waals surface area contributed by atoms with Crippen molar-refractivity contribution in [3.05, 3.63) is 145 Å². The predicted octanol–water partition coefficient (Wildman–Crippen LogP) is 9.95. The molecule has 0 unspecified atom stereocenters. The van der Waals surface area contributed by atoms with Crippen LogP contribution in [0.2, 0.25) is 0 Å². The van der Waals surface area contributed by atoms with Crippen LogP contribution in [0, 0.1) is 18.2 Å². The molecule has 7 aromatic rings. The van der Waals surface area contributed by atoms with Gasteiger partial charge >= 0.3 is 0 Å². The molecular formula is C38H25N2O2Pd-3. The Hall–Kier alpha value is -4.69. The van der Waals surface area contributed by atoms with Crippen LogP contribution in [0.3, 0.4) is 0 Å². The molecule has 212 valence electrons. The van der Waals surface area contributed by atoms with Crippen molar-refractivity contribution in [2.24, 2.45) is 0 Å². The van der Waals surface area contributed by atoms with Gasteiger partial charge in [0.1, 0.15) is 11.2 Å². The monoisotopic (exact) mass is 647 g/mol. The van der Waals surface area contributed by atoms with Crippen LogP contribution < -0.4 is 9.64 Å². The zero-order valence-corrected chi connectivity index (χ0v) is 25.1. The van der Waals surface area contributed by atoms with E-state index in [4.69, 9.17) is 9.15 Å². The maximum Gasteiger partial charge on any atom is 0.140 e. The molecule has 43 heavy (non-hydrogen) atoms. The molecule has 1 aliphatic heterocycles. The maximum atomic E-state index is 6.56. The van der Waals surface area contributed by atoms with Gasteiger partial charge in [0.2, 0.25) is 0 Å². The SMILES string of the molecule is CC1(C)c2ccc[c-]c2N(c2[c-]c(Oc3[c-]c(-c4ccccn4)ccc3)ccc2)c2ccc3c(oc4ccccc43)c21.[Pd]. The van der Waals surface area contributed by atoms with Crippen LogP contribution in [0.4, 0.5) is 17.1 Å². The summed E-state index contributed by atoms with van der Waals surface area (Å²) >= 11 is 0. The molecule has 0 saturated carbocycles. The van der Waals surface area contributed by atoms with Crippen LogP contribution in [0.1, 0.15) is 25.0 Å². The van der Waals surface area contributed by atoms with Crippen LogP contribution in [0.15, 0.2) is 120 Å². The number of nitrogens with zero attached hydrogens (tertiary/aromatic N) is 2. The third-order valence-electron chi connectivity index (χ3n) is 8.05. The second kappa shape index (κ2) is 10.5. The maximum absolute atomic E-state index is 6.56. The van der Waals surface area contributed by atoms with Crippen LogP contribution in [0.25, 0.3) is 33.2 Å². The van der Waals surface area contributed by atoms with Gasteiger partial charge in [0.25, 0.3) is 0 Å². The molecule has 0 spiro atoms. The Kier molecular flexibility index (Phi) is 6.66. The molecule has 8 rings (SSSR count). The Morgan fingerprint density at radius 1 is 0.767 bits per heavy atom. The van der Waals surface area contributed by atoms with Crippen molar-refractivity contribution in [1.29, 1.82) is 0 Å². The molecular weight excluding hydrogens is 623 g/mol. The molecule has 0 bridgehead atoms. The van der Waals surface area contributed by atoms with Crippen molar-refractivity contribution in [1.82, 2.24) is 4.98 Å². The molecule has 1 aliphatic rings. The average Bonchev–Trinajstić information content (AvgIpc) is 3.40. The number of hydrogen-bond donors (Lipinski definition) is 0. The number of aromatic nitrogens is 1. The smallest absolute Gasteiger partial charge is 0.140 e. The molecule has 0 saturated heterocycles. The zero-order chi connectivity index (χ0) is 28.3. The molecule has 0 amide bonds. The zero-order valence-electron chi connectivity index (χ0n) is 23.5. The van der Waals surface area contributed by atoms with Crippen LogP contribution in [-0.2, 0) is 25.8 Å². The van der Waals surface area contributed by atoms with Crippen molar-refractivity contribution in [2.45, 2.75) is 19.3 Å². The topological polar surface area (TPSA) is 38.5 Å². The average molecular weight is 648 g/mol. The van der Waals surface area contributed by atoms with E-state index in [-0.39, 0.29) is 25.8 Å². The first-order chi connectivity index (χ1) is 20.6. The number of pyridine rings is 1. The first-order valence-electron chi connectivity index (χ1n) is 14.0. The summed E-state index contributed by atoms with van der Waals surface area (Å²) in [5, 5.41) is 2.24. The summed E-state index contributed by atoms with van der Waals surface area (Å²) in [6.07, 6.45) is 1.78. The van der Waals surface area contributed by atoms with E-state index in [2.05, 4.69) is 84.4 Å². The van der Waals surface area contributed by atoms with Gasteiger partial charge in [0, 0.05) is 60.1 Å². The van der Waals surface area contributed by atoms with Gasteiger partial charge in [-0.25, -0.2) is 0 Å². The Balaban J connectivity index is 0.00000300. The van der Waals surface area contributed by atoms with E-state index in [1.54, 1.807) is 6.20 Å². The number of fused-ring (bicyclic) bond motifs is 6. The van der Waals surface area contributed by atoms with E-state index in [1.807, 2.05) is 66.7 Å². The molecule has 5 heteroatoms. The molecule has 0 aliphatic carbocycles. The fourth-order valence-corrected chi connectivity index (χ4v) is 6.12. The number of para-hydroxylation sites is 2. The van der Waals surface area contributed by atoms with Gasteiger partial charge in [0.15, 0.2) is 0 Å². The van der Waals surface area contributed by atoms with E-state index in [0.717, 1.165) is 55.8 Å². The van der Waals surface area contributed by atoms with E-state index in [1.165, 1.54) is 5.56 Å². The summed E-state index contributed by atoms with van der Waals surface area (Å²) in [4.78, 5) is 6.66. The van der Waals surface area contributed by atoms with E-state index < -0.39 is 0 Å². The Morgan fingerprint density at radius 3 is 2.44 bits per heavy atom. The van der Waals surface area contributed by atoms with Crippen molar-refractivity contribution in [2.75, 3.05) is 4.90 Å². The van der Waals surface area contributed by atoms with E-state index in [9.17, 15) is 0 Å². The van der Waals surface area contributed by atoms with Gasteiger partial charge < -0.3 is 19.0 Å². The minimum Gasteiger partial charge on any atom is -0.503 e. The second-order valence-electron chi connectivity index (χ2n) is 11.0. The molecule has 0 radical (unpaired) electrons. The predicted molar refractivity (Wildman–Crippen MR) is 167 cm³/mol. The van der Waals surface area contributed by atoms with Gasteiger partial charge in [-0.2, -0.15) is 30.3 Å². The fourth-order valence-electron chi connectivity index (χ4n) is 6.12. The van der Waals surface area contributed by atoms with Crippen molar-refractivity contribution in [3.8, 4) is 22.8 Å². The Morgan fingerprint density at radius 2 is 1.58 bits per heavy atom. The quantitative estimate of drug-likeness (QED) is 0.141. The minimum atomic E-state index is -0.318. The van der Waals surface area contributed by atoms with Crippen molar-refractivity contribution >= 4 is 39.0 Å². The Bertz CT molecular complexity index is 2120. The summed E-state index contributed by atoms with van der Waals surface area (Å²) in [6, 6.07) is 46.8. The van der Waals surface area contributed by atoms with E-state index >= 15 is 0 Å². The van der Waals surface area contributed by atoms with Gasteiger partial charge in [0.05, 0.1) is 0 Å². The first-order valence-corrected chi connectivity index (χ1v) is 14.0. The van der Waals surface area contributed by atoms with Crippen LogP contribution >= 0.6 is 0 Å². The largest absolute Gasteiger partial charge is 0.503 e. The molecule has 0 atom stereocenters. The van der Waals surface area contributed by atoms with Crippen LogP contribution in [-0.4, -0.2) is 4.98 Å². The first kappa shape index (κ1) is 27.2. The molecule has 3 heterocycles. The van der Waals surface area contributed by atoms with E-state index in [0.29, 0.717) is 11.5 Å². The summed E-state index contributed by atoms with van der Waals surface area (Å²) < 4.78 is 12.9.